The van der Waals surface area contributed by atoms with E-state index in [0.717, 1.165) is 103 Å². The monoisotopic (exact) mass is 1510 g/mol. The number of hydrogen-bond donors (Lipinski definition) is 12. The van der Waals surface area contributed by atoms with Crippen LogP contribution >= 0.6 is 0 Å². The first-order valence-corrected chi connectivity index (χ1v) is 42.3. The van der Waals surface area contributed by atoms with Crippen molar-refractivity contribution in [3.05, 3.63) is 122 Å². The van der Waals surface area contributed by atoms with Crippen LogP contribution in [0.5, 0.6) is 0 Å². The molecule has 107 heavy (non-hydrogen) atoms. The van der Waals surface area contributed by atoms with Gasteiger partial charge in [0.1, 0.15) is 73.2 Å². The molecule has 3 aliphatic heterocycles. The number of amides is 1. The summed E-state index contributed by atoms with van der Waals surface area (Å²) in [6.07, 6.45) is 67.6. The Morgan fingerprint density at radius 3 is 1.05 bits per heavy atom. The van der Waals surface area contributed by atoms with Crippen LogP contribution < -0.4 is 5.32 Å². The second kappa shape index (κ2) is 66.8. The number of hydrogen-bond acceptors (Lipinski definition) is 18. The third-order valence-corrected chi connectivity index (χ3v) is 20.2. The van der Waals surface area contributed by atoms with Crippen LogP contribution in [-0.2, 0) is 33.2 Å². The summed E-state index contributed by atoms with van der Waals surface area (Å²) in [6.45, 7) is 1.61. The number of aliphatic hydroxyl groups excluding tert-OH is 11. The molecule has 0 aromatic heterocycles. The van der Waals surface area contributed by atoms with Crippen molar-refractivity contribution >= 4 is 5.91 Å². The third-order valence-electron chi connectivity index (χ3n) is 20.2. The summed E-state index contributed by atoms with van der Waals surface area (Å²) >= 11 is 0. The lowest BCUT2D eigenvalue weighted by molar-refractivity contribution is -0.379. The van der Waals surface area contributed by atoms with Crippen LogP contribution in [0.15, 0.2) is 122 Å². The highest BCUT2D eigenvalue weighted by Crippen LogP contribution is 2.33. The Morgan fingerprint density at radius 2 is 0.654 bits per heavy atom. The lowest BCUT2D eigenvalue weighted by Crippen LogP contribution is -2.66. The molecule has 1 amide bonds. The molecule has 3 fully saturated rings. The summed E-state index contributed by atoms with van der Waals surface area (Å²) < 4.78 is 34.4. The second-order valence-electron chi connectivity index (χ2n) is 29.5. The van der Waals surface area contributed by atoms with Crippen molar-refractivity contribution in [3.63, 3.8) is 0 Å². The quantitative estimate of drug-likeness (QED) is 0.0199. The highest BCUT2D eigenvalue weighted by Gasteiger charge is 2.54. The zero-order valence-electron chi connectivity index (χ0n) is 66.1. The fourth-order valence-electron chi connectivity index (χ4n) is 13.5. The van der Waals surface area contributed by atoms with Crippen molar-refractivity contribution in [1.82, 2.24) is 5.32 Å². The molecule has 3 saturated heterocycles. The summed E-state index contributed by atoms with van der Waals surface area (Å²) in [4.78, 5) is 13.5. The summed E-state index contributed by atoms with van der Waals surface area (Å²) in [7, 11) is 0. The molecule has 12 N–H and O–H groups in total. The van der Waals surface area contributed by atoms with Gasteiger partial charge in [-0.3, -0.25) is 4.79 Å². The predicted octanol–water partition coefficient (Wildman–Crippen LogP) is 15.1. The smallest absolute Gasteiger partial charge is 0.220 e. The van der Waals surface area contributed by atoms with Crippen molar-refractivity contribution in [1.29, 1.82) is 0 Å². The lowest BCUT2D eigenvalue weighted by Gasteiger charge is -2.48. The standard InChI is InChI=1S/C88H151NO18/c1-3-5-7-9-11-13-15-17-19-21-23-25-27-29-31-33-35-37-39-41-43-45-47-49-51-53-55-57-59-61-63-65-72(93)71(89-76(94)66-64-62-60-58-56-54-52-50-48-46-44-42-40-38-36-34-32-30-28-26-24-22-20-18-16-14-12-10-8-6-4-2)70-102-86-82(100)79(97)84(74(68-91)104-86)107-88-83(101)80(98)85(75(69-92)105-88)106-87-81(99)78(96)77(95)73(67-90)103-87/h6,8,12,14,18,20,24,26,30,32,36,38,42,44,47,49,55,57,63,65,71-75,77-88,90-93,95-101H,3-5,7,9-11,13,15-17,19,21-23,25,27-29,31,33-35,37,39-41,43,45-46,48,50-54,56,58-62,64,66-70H2,1-2H3,(H,89,94)/b8-6-,14-12-,20-18-,26-24-,32-30-,38-36-,44-42-,49-47+,57-55+,65-63+. The maximum absolute atomic E-state index is 13.5. The molecular weight excluding hydrogens is 1360 g/mol. The zero-order chi connectivity index (χ0) is 77.4. The second-order valence-corrected chi connectivity index (χ2v) is 29.5. The van der Waals surface area contributed by atoms with Gasteiger partial charge in [-0.25, -0.2) is 0 Å². The van der Waals surface area contributed by atoms with E-state index in [1.807, 2.05) is 6.08 Å². The zero-order valence-corrected chi connectivity index (χ0v) is 66.1. The van der Waals surface area contributed by atoms with Crippen LogP contribution in [-0.4, -0.2) is 193 Å². The molecule has 17 atom stereocenters. The Hall–Kier alpha value is -3.81. The number of ether oxygens (including phenoxy) is 6. The van der Waals surface area contributed by atoms with E-state index in [-0.39, 0.29) is 18.9 Å². The number of carbonyl (C=O) groups is 1. The minimum Gasteiger partial charge on any atom is -0.394 e. The molecule has 3 aliphatic rings. The van der Waals surface area contributed by atoms with Crippen molar-refractivity contribution in [2.45, 2.75) is 401 Å². The Labute approximate surface area is 646 Å². The van der Waals surface area contributed by atoms with Gasteiger partial charge in [0.2, 0.25) is 5.91 Å². The van der Waals surface area contributed by atoms with Gasteiger partial charge in [0.15, 0.2) is 18.9 Å². The fourth-order valence-corrected chi connectivity index (χ4v) is 13.5. The van der Waals surface area contributed by atoms with Crippen molar-refractivity contribution in [3.8, 4) is 0 Å². The maximum Gasteiger partial charge on any atom is 0.220 e. The minimum atomic E-state index is -1.99. The molecule has 0 saturated carbocycles. The topological polar surface area (TPSA) is 307 Å². The van der Waals surface area contributed by atoms with E-state index < -0.39 is 124 Å². The van der Waals surface area contributed by atoms with Gasteiger partial charge in [-0.15, -0.1) is 0 Å². The van der Waals surface area contributed by atoms with E-state index >= 15 is 0 Å². The third kappa shape index (κ3) is 46.1. The van der Waals surface area contributed by atoms with E-state index in [9.17, 15) is 61.0 Å². The van der Waals surface area contributed by atoms with Gasteiger partial charge in [0.05, 0.1) is 38.6 Å². The molecule has 0 bridgehead atoms. The van der Waals surface area contributed by atoms with E-state index in [1.165, 1.54) is 161 Å². The molecule has 0 radical (unpaired) electrons. The highest BCUT2D eigenvalue weighted by atomic mass is 16.8. The van der Waals surface area contributed by atoms with Gasteiger partial charge in [-0.1, -0.05) is 309 Å². The van der Waals surface area contributed by atoms with Gasteiger partial charge in [0.25, 0.3) is 0 Å². The van der Waals surface area contributed by atoms with Crippen molar-refractivity contribution in [2.75, 3.05) is 26.4 Å². The van der Waals surface area contributed by atoms with Crippen LogP contribution in [0.3, 0.4) is 0 Å². The molecule has 19 heteroatoms. The van der Waals surface area contributed by atoms with Crippen molar-refractivity contribution in [2.24, 2.45) is 0 Å². The number of rotatable bonds is 66. The van der Waals surface area contributed by atoms with Crippen LogP contribution in [0.2, 0.25) is 0 Å². The number of nitrogens with one attached hydrogen (secondary N) is 1. The average molecular weight is 1510 g/mol. The largest absolute Gasteiger partial charge is 0.394 e. The SMILES string of the molecule is CC/C=C\C/C=C\C/C=C\C/C=C\C/C=C\C/C=C\C/C=C\CCCCCCCCCCCC(=O)NC(COC1OC(CO)C(OC2OC(CO)C(OC3OC(CO)C(O)C(O)C3O)C(O)C2O)C(O)C1O)C(O)/C=C/CC/C=C/CC/C=C/CCCCCCCCCCCCCCCCCCCCCCC. The van der Waals surface area contributed by atoms with Gasteiger partial charge in [-0.2, -0.15) is 0 Å². The fraction of sp³-hybridized carbons (Fsp3) is 0.761. The summed E-state index contributed by atoms with van der Waals surface area (Å²) in [6, 6.07) is -1.01. The molecule has 0 aliphatic carbocycles. The number of aliphatic hydroxyl groups is 11. The molecule has 616 valence electrons. The lowest BCUT2D eigenvalue weighted by atomic mass is 9.96. The molecule has 3 rings (SSSR count). The summed E-state index contributed by atoms with van der Waals surface area (Å²) in [5.74, 6) is -0.299. The molecule has 0 aromatic carbocycles. The first kappa shape index (κ1) is 97.4. The van der Waals surface area contributed by atoms with Crippen LogP contribution in [0.1, 0.15) is 296 Å². The Bertz CT molecular complexity index is 2410. The van der Waals surface area contributed by atoms with E-state index in [0.29, 0.717) is 12.8 Å². The number of allylic oxidation sites excluding steroid dienone is 19. The molecule has 0 aromatic rings. The van der Waals surface area contributed by atoms with Gasteiger partial charge in [-0.05, 0) is 103 Å². The summed E-state index contributed by atoms with van der Waals surface area (Å²) in [5, 5.41) is 121. The van der Waals surface area contributed by atoms with Gasteiger partial charge >= 0.3 is 0 Å². The average Bonchev–Trinajstić information content (AvgIpc) is 0.780. The van der Waals surface area contributed by atoms with E-state index in [2.05, 4.69) is 129 Å². The number of unbranched alkanes of at least 4 members (excludes halogenated alkanes) is 32. The van der Waals surface area contributed by atoms with E-state index in [1.54, 1.807) is 6.08 Å². The van der Waals surface area contributed by atoms with E-state index in [4.69, 9.17) is 28.4 Å². The first-order chi connectivity index (χ1) is 52.3. The van der Waals surface area contributed by atoms with Crippen molar-refractivity contribution < 1.29 is 89.4 Å². The van der Waals surface area contributed by atoms with Crippen LogP contribution in [0.4, 0.5) is 0 Å². The Morgan fingerprint density at radius 1 is 0.346 bits per heavy atom. The van der Waals surface area contributed by atoms with Crippen LogP contribution in [0.25, 0.3) is 0 Å². The van der Waals surface area contributed by atoms with Crippen LogP contribution in [0, 0.1) is 0 Å². The predicted molar refractivity (Wildman–Crippen MR) is 429 cm³/mol. The molecule has 0 spiro atoms. The Kier molecular flexibility index (Phi) is 60.8. The number of carbonyl (C=O) groups excluding carboxylic acids is 1. The first-order valence-electron chi connectivity index (χ1n) is 42.3. The molecular formula is C88H151NO18. The minimum absolute atomic E-state index is 0.217. The normalized spacial score (nSPS) is 26.2. The van der Waals surface area contributed by atoms with Gasteiger partial charge < -0.3 is 89.9 Å². The van der Waals surface area contributed by atoms with Gasteiger partial charge in [0, 0.05) is 6.42 Å². The molecule has 19 nitrogen and oxygen atoms in total. The highest BCUT2D eigenvalue weighted by molar-refractivity contribution is 5.76. The Balaban J connectivity index is 1.39. The maximum atomic E-state index is 13.5. The molecule has 17 unspecified atom stereocenters. The molecule has 3 heterocycles. The summed E-state index contributed by atoms with van der Waals surface area (Å²) in [5.41, 5.74) is 0.